The lowest BCUT2D eigenvalue weighted by Crippen LogP contribution is -2.26. The van der Waals surface area contributed by atoms with Gasteiger partial charge in [-0.3, -0.25) is 0 Å². The van der Waals surface area contributed by atoms with E-state index < -0.39 is 0 Å². The molecule has 0 aliphatic carbocycles. The smallest absolute Gasteiger partial charge is 0.0613 e. The molecule has 4 heteroatoms. The number of benzene rings is 2. The van der Waals surface area contributed by atoms with Gasteiger partial charge in [0.05, 0.1) is 10.0 Å². The molecular formula is C16H16Cl2N2. The van der Waals surface area contributed by atoms with E-state index in [0.717, 1.165) is 25.3 Å². The first-order valence-corrected chi connectivity index (χ1v) is 7.40. The van der Waals surface area contributed by atoms with E-state index in [-0.39, 0.29) is 0 Å². The van der Waals surface area contributed by atoms with Crippen LogP contribution in [0.1, 0.15) is 5.56 Å². The molecule has 2 aromatic rings. The average molecular weight is 307 g/mol. The summed E-state index contributed by atoms with van der Waals surface area (Å²) in [6.45, 7) is 2.91. The Kier molecular flexibility index (Phi) is 3.88. The van der Waals surface area contributed by atoms with E-state index in [0.29, 0.717) is 10.0 Å². The summed E-state index contributed by atoms with van der Waals surface area (Å²) in [5, 5.41) is 1.19. The highest BCUT2D eigenvalue weighted by atomic mass is 35.5. The molecule has 2 nitrogen and oxygen atoms in total. The summed E-state index contributed by atoms with van der Waals surface area (Å²) >= 11 is 12.2. The maximum absolute atomic E-state index is 6.16. The van der Waals surface area contributed by atoms with Gasteiger partial charge in [0.1, 0.15) is 0 Å². The quantitative estimate of drug-likeness (QED) is 0.761. The number of likely N-dealkylation sites (N-methyl/N-ethyl adjacent to an activating group) is 1. The molecule has 1 heterocycles. The number of para-hydroxylation sites is 1. The predicted octanol–water partition coefficient (Wildman–Crippen LogP) is 4.58. The molecule has 0 aromatic heterocycles. The lowest BCUT2D eigenvalue weighted by Gasteiger charge is -2.25. The largest absolute Gasteiger partial charge is 0.340 e. The van der Waals surface area contributed by atoms with Gasteiger partial charge in [-0.15, -0.1) is 0 Å². The van der Waals surface area contributed by atoms with E-state index in [1.54, 1.807) is 0 Å². The number of fused-ring (bicyclic) bond motifs is 1. The molecule has 2 aromatic carbocycles. The standard InChI is InChI=1S/C16H16Cl2N2/c1-19-8-9-20(13-6-7-14(17)15(18)10-13)16-5-3-2-4-12(16)11-19/h2-7,10H,8-9,11H2,1H3. The Morgan fingerprint density at radius 2 is 1.75 bits per heavy atom. The van der Waals surface area contributed by atoms with Gasteiger partial charge < -0.3 is 9.80 Å². The summed E-state index contributed by atoms with van der Waals surface area (Å²) in [7, 11) is 2.15. The molecule has 0 N–H and O–H groups in total. The Bertz CT molecular complexity index is 628. The molecule has 104 valence electrons. The summed E-state index contributed by atoms with van der Waals surface area (Å²) in [4.78, 5) is 4.64. The maximum atomic E-state index is 6.16. The molecule has 0 unspecified atom stereocenters. The fraction of sp³-hybridized carbons (Fsp3) is 0.250. The lowest BCUT2D eigenvalue weighted by molar-refractivity contribution is 0.343. The summed E-state index contributed by atoms with van der Waals surface area (Å²) < 4.78 is 0. The monoisotopic (exact) mass is 306 g/mol. The van der Waals surface area contributed by atoms with Crippen molar-refractivity contribution >= 4 is 34.6 Å². The first-order valence-electron chi connectivity index (χ1n) is 6.64. The molecule has 0 fully saturated rings. The van der Waals surface area contributed by atoms with Gasteiger partial charge in [-0.2, -0.15) is 0 Å². The number of rotatable bonds is 1. The minimum atomic E-state index is 0.593. The minimum Gasteiger partial charge on any atom is -0.340 e. The molecule has 0 spiro atoms. The second-order valence-electron chi connectivity index (χ2n) is 5.12. The normalized spacial score (nSPS) is 15.8. The Labute approximate surface area is 129 Å². The van der Waals surface area contributed by atoms with Crippen molar-refractivity contribution < 1.29 is 0 Å². The molecule has 0 atom stereocenters. The summed E-state index contributed by atoms with van der Waals surface area (Å²) in [5.74, 6) is 0. The van der Waals surface area contributed by atoms with Gasteiger partial charge in [-0.1, -0.05) is 41.4 Å². The minimum absolute atomic E-state index is 0.593. The highest BCUT2D eigenvalue weighted by Gasteiger charge is 2.19. The van der Waals surface area contributed by atoms with Crippen molar-refractivity contribution in [1.29, 1.82) is 0 Å². The van der Waals surface area contributed by atoms with E-state index in [2.05, 4.69) is 41.1 Å². The molecule has 1 aliphatic heterocycles. The van der Waals surface area contributed by atoms with Crippen molar-refractivity contribution in [1.82, 2.24) is 4.90 Å². The maximum Gasteiger partial charge on any atom is 0.0613 e. The summed E-state index contributed by atoms with van der Waals surface area (Å²) in [6, 6.07) is 14.3. The zero-order valence-corrected chi connectivity index (χ0v) is 12.8. The molecule has 20 heavy (non-hydrogen) atoms. The number of hydrogen-bond donors (Lipinski definition) is 0. The number of halogens is 2. The Morgan fingerprint density at radius 3 is 2.55 bits per heavy atom. The number of hydrogen-bond acceptors (Lipinski definition) is 2. The lowest BCUT2D eigenvalue weighted by atomic mass is 10.1. The molecular weight excluding hydrogens is 291 g/mol. The second kappa shape index (κ2) is 5.65. The van der Waals surface area contributed by atoms with Crippen LogP contribution in [0.3, 0.4) is 0 Å². The first-order chi connectivity index (χ1) is 9.65. The zero-order valence-electron chi connectivity index (χ0n) is 11.3. The first kappa shape index (κ1) is 13.7. The van der Waals surface area contributed by atoms with E-state index in [9.17, 15) is 0 Å². The second-order valence-corrected chi connectivity index (χ2v) is 5.93. The topological polar surface area (TPSA) is 6.48 Å². The van der Waals surface area contributed by atoms with Gasteiger partial charge in [0.25, 0.3) is 0 Å². The SMILES string of the molecule is CN1CCN(c2ccc(Cl)c(Cl)c2)c2ccccc2C1. The van der Waals surface area contributed by atoms with Gasteiger partial charge in [0, 0.05) is 31.0 Å². The highest BCUT2D eigenvalue weighted by Crippen LogP contribution is 2.34. The van der Waals surface area contributed by atoms with Crippen LogP contribution in [0.5, 0.6) is 0 Å². The van der Waals surface area contributed by atoms with Crippen LogP contribution in [-0.4, -0.2) is 25.0 Å². The number of nitrogens with zero attached hydrogens (tertiary/aromatic N) is 2. The van der Waals surface area contributed by atoms with Crippen LogP contribution >= 0.6 is 23.2 Å². The van der Waals surface area contributed by atoms with E-state index in [1.807, 2.05) is 18.2 Å². The molecule has 0 radical (unpaired) electrons. The third-order valence-corrected chi connectivity index (χ3v) is 4.38. The molecule has 0 amide bonds. The van der Waals surface area contributed by atoms with Crippen molar-refractivity contribution in [3.63, 3.8) is 0 Å². The van der Waals surface area contributed by atoms with Crippen molar-refractivity contribution in [3.8, 4) is 0 Å². The Morgan fingerprint density at radius 1 is 0.950 bits per heavy atom. The van der Waals surface area contributed by atoms with Crippen LogP contribution < -0.4 is 4.90 Å². The third kappa shape index (κ3) is 2.64. The van der Waals surface area contributed by atoms with E-state index in [4.69, 9.17) is 23.2 Å². The van der Waals surface area contributed by atoms with Crippen molar-refractivity contribution in [2.75, 3.05) is 25.0 Å². The fourth-order valence-electron chi connectivity index (χ4n) is 2.59. The van der Waals surface area contributed by atoms with Gasteiger partial charge in [-0.05, 0) is 36.9 Å². The average Bonchev–Trinajstić information content (AvgIpc) is 2.60. The van der Waals surface area contributed by atoms with Gasteiger partial charge >= 0.3 is 0 Å². The van der Waals surface area contributed by atoms with Crippen molar-refractivity contribution in [2.24, 2.45) is 0 Å². The summed E-state index contributed by atoms with van der Waals surface area (Å²) in [5.41, 5.74) is 3.66. The molecule has 1 aliphatic rings. The van der Waals surface area contributed by atoms with Gasteiger partial charge in [0.15, 0.2) is 0 Å². The van der Waals surface area contributed by atoms with Crippen molar-refractivity contribution in [3.05, 3.63) is 58.1 Å². The van der Waals surface area contributed by atoms with Crippen molar-refractivity contribution in [2.45, 2.75) is 6.54 Å². The summed E-state index contributed by atoms with van der Waals surface area (Å²) in [6.07, 6.45) is 0. The molecule has 0 bridgehead atoms. The fourth-order valence-corrected chi connectivity index (χ4v) is 2.88. The Balaban J connectivity index is 2.06. The van der Waals surface area contributed by atoms with Crippen LogP contribution in [0, 0.1) is 0 Å². The molecule has 0 saturated carbocycles. The Hall–Kier alpha value is -1.22. The van der Waals surface area contributed by atoms with Crippen LogP contribution in [-0.2, 0) is 6.54 Å². The van der Waals surface area contributed by atoms with Crippen LogP contribution in [0.2, 0.25) is 10.0 Å². The molecule has 3 rings (SSSR count). The highest BCUT2D eigenvalue weighted by molar-refractivity contribution is 6.42. The van der Waals surface area contributed by atoms with Gasteiger partial charge in [-0.25, -0.2) is 0 Å². The molecule has 0 saturated heterocycles. The number of anilines is 2. The third-order valence-electron chi connectivity index (χ3n) is 3.64. The van der Waals surface area contributed by atoms with E-state index >= 15 is 0 Å². The van der Waals surface area contributed by atoms with Crippen LogP contribution in [0.15, 0.2) is 42.5 Å². The predicted molar refractivity (Wildman–Crippen MR) is 86.2 cm³/mol. The van der Waals surface area contributed by atoms with Gasteiger partial charge in [0.2, 0.25) is 0 Å². The van der Waals surface area contributed by atoms with Crippen LogP contribution in [0.4, 0.5) is 11.4 Å². The van der Waals surface area contributed by atoms with E-state index in [1.165, 1.54) is 11.3 Å². The zero-order chi connectivity index (χ0) is 14.1. The van der Waals surface area contributed by atoms with Crippen LogP contribution in [0.25, 0.3) is 0 Å².